The number of nitrogens with two attached hydrogens (primary N) is 1. The van der Waals surface area contributed by atoms with Crippen molar-refractivity contribution in [1.82, 2.24) is 0 Å². The Morgan fingerprint density at radius 1 is 1.29 bits per heavy atom. The summed E-state index contributed by atoms with van der Waals surface area (Å²) in [5.41, 5.74) is 10.1. The SMILES string of the molecule is CO.COc1cc(OCCC=C2CC2)cc2c1CC(N)C2. The van der Waals surface area contributed by atoms with Crippen LogP contribution in [0, 0.1) is 0 Å². The number of fused-ring (bicyclic) bond motifs is 1. The maximum Gasteiger partial charge on any atom is 0.126 e. The standard InChI is InChI=1S/C16H21NO2.CH4O/c1-18-16-10-14(19-6-2-3-11-4-5-11)8-12-7-13(17)9-15(12)16;1-2/h3,8,10,13H,2,4-7,9,17H2,1H3;2H,1H3. The number of allylic oxidation sites excluding steroid dienone is 1. The van der Waals surface area contributed by atoms with Crippen LogP contribution in [0.2, 0.25) is 0 Å². The van der Waals surface area contributed by atoms with E-state index in [0.717, 1.165) is 44.5 Å². The highest BCUT2D eigenvalue weighted by molar-refractivity contribution is 5.49. The molecule has 0 spiro atoms. The number of rotatable bonds is 5. The molecule has 0 heterocycles. The Bertz CT molecular complexity index is 505. The molecule has 0 radical (unpaired) electrons. The molecule has 4 heteroatoms. The molecule has 2 aliphatic carbocycles. The van der Waals surface area contributed by atoms with Crippen LogP contribution in [0.15, 0.2) is 23.8 Å². The van der Waals surface area contributed by atoms with Crippen molar-refractivity contribution in [3.8, 4) is 11.5 Å². The summed E-state index contributed by atoms with van der Waals surface area (Å²) in [5, 5.41) is 7.00. The van der Waals surface area contributed by atoms with Gasteiger partial charge in [-0.3, -0.25) is 0 Å². The van der Waals surface area contributed by atoms with Crippen molar-refractivity contribution in [3.63, 3.8) is 0 Å². The van der Waals surface area contributed by atoms with Crippen molar-refractivity contribution in [3.05, 3.63) is 34.9 Å². The van der Waals surface area contributed by atoms with Crippen LogP contribution in [0.25, 0.3) is 0 Å². The smallest absolute Gasteiger partial charge is 0.126 e. The third kappa shape index (κ3) is 4.22. The molecule has 1 aromatic carbocycles. The van der Waals surface area contributed by atoms with Gasteiger partial charge in [0.1, 0.15) is 11.5 Å². The second-order valence-corrected chi connectivity index (χ2v) is 5.43. The molecule has 2 aliphatic rings. The van der Waals surface area contributed by atoms with Crippen molar-refractivity contribution in [1.29, 1.82) is 0 Å². The molecule has 1 fully saturated rings. The van der Waals surface area contributed by atoms with Gasteiger partial charge in [0, 0.05) is 19.2 Å². The predicted octanol–water partition coefficient (Wildman–Crippen LogP) is 2.22. The molecular formula is C17H25NO3. The molecule has 3 N–H and O–H groups in total. The van der Waals surface area contributed by atoms with E-state index in [2.05, 4.69) is 12.1 Å². The average Bonchev–Trinajstić information content (AvgIpc) is 3.25. The van der Waals surface area contributed by atoms with Crippen molar-refractivity contribution in [2.75, 3.05) is 20.8 Å². The zero-order chi connectivity index (χ0) is 15.2. The maximum atomic E-state index is 7.00. The van der Waals surface area contributed by atoms with Crippen LogP contribution in [-0.4, -0.2) is 32.0 Å². The summed E-state index contributed by atoms with van der Waals surface area (Å²) in [6.45, 7) is 0.734. The number of hydrogen-bond acceptors (Lipinski definition) is 4. The van der Waals surface area contributed by atoms with Gasteiger partial charge in [0.05, 0.1) is 13.7 Å². The second-order valence-electron chi connectivity index (χ2n) is 5.43. The van der Waals surface area contributed by atoms with Gasteiger partial charge in [-0.15, -0.1) is 0 Å². The van der Waals surface area contributed by atoms with Gasteiger partial charge in [-0.05, 0) is 49.3 Å². The Labute approximate surface area is 126 Å². The van der Waals surface area contributed by atoms with Gasteiger partial charge in [-0.25, -0.2) is 0 Å². The lowest BCUT2D eigenvalue weighted by Gasteiger charge is -2.11. The summed E-state index contributed by atoms with van der Waals surface area (Å²) in [6, 6.07) is 4.33. The zero-order valence-corrected chi connectivity index (χ0v) is 12.9. The van der Waals surface area contributed by atoms with Gasteiger partial charge in [0.25, 0.3) is 0 Å². The number of hydrogen-bond donors (Lipinski definition) is 2. The fraction of sp³-hybridized carbons (Fsp3) is 0.529. The first-order chi connectivity index (χ1) is 10.3. The van der Waals surface area contributed by atoms with Gasteiger partial charge in [0.15, 0.2) is 0 Å². The van der Waals surface area contributed by atoms with Crippen LogP contribution in [0.3, 0.4) is 0 Å². The number of benzene rings is 1. The predicted molar refractivity (Wildman–Crippen MR) is 83.9 cm³/mol. The topological polar surface area (TPSA) is 64.7 Å². The number of methoxy groups -OCH3 is 1. The quantitative estimate of drug-likeness (QED) is 0.645. The Hall–Kier alpha value is -1.52. The van der Waals surface area contributed by atoms with E-state index in [-0.39, 0.29) is 6.04 Å². The van der Waals surface area contributed by atoms with E-state index in [1.165, 1.54) is 24.0 Å². The largest absolute Gasteiger partial charge is 0.496 e. The minimum atomic E-state index is 0.221. The molecule has 3 rings (SSSR count). The Kier molecular flexibility index (Phi) is 5.65. The number of aliphatic hydroxyl groups excluding tert-OH is 1. The van der Waals surface area contributed by atoms with Crippen LogP contribution < -0.4 is 15.2 Å². The summed E-state index contributed by atoms with van der Waals surface area (Å²) < 4.78 is 11.3. The molecule has 1 atom stereocenters. The van der Waals surface area contributed by atoms with E-state index in [9.17, 15) is 0 Å². The average molecular weight is 291 g/mol. The summed E-state index contributed by atoms with van der Waals surface area (Å²) in [6.07, 6.45) is 7.68. The molecule has 1 unspecified atom stereocenters. The highest BCUT2D eigenvalue weighted by atomic mass is 16.5. The summed E-state index contributed by atoms with van der Waals surface area (Å²) in [5.74, 6) is 1.82. The highest BCUT2D eigenvalue weighted by Crippen LogP contribution is 2.34. The molecule has 0 aromatic heterocycles. The molecule has 4 nitrogen and oxygen atoms in total. The van der Waals surface area contributed by atoms with Gasteiger partial charge in [-0.1, -0.05) is 11.6 Å². The summed E-state index contributed by atoms with van der Waals surface area (Å²) >= 11 is 0. The van der Waals surface area contributed by atoms with Gasteiger partial charge in [-0.2, -0.15) is 0 Å². The second kappa shape index (κ2) is 7.48. The molecule has 0 aliphatic heterocycles. The van der Waals surface area contributed by atoms with Gasteiger partial charge >= 0.3 is 0 Å². The van der Waals surface area contributed by atoms with Crippen LogP contribution in [-0.2, 0) is 12.8 Å². The van der Waals surface area contributed by atoms with Gasteiger partial charge in [0.2, 0.25) is 0 Å². The van der Waals surface area contributed by atoms with Crippen LogP contribution in [0.4, 0.5) is 0 Å². The van der Waals surface area contributed by atoms with Crippen LogP contribution in [0.1, 0.15) is 30.4 Å². The van der Waals surface area contributed by atoms with Gasteiger partial charge < -0.3 is 20.3 Å². The van der Waals surface area contributed by atoms with Crippen molar-refractivity contribution in [2.24, 2.45) is 5.73 Å². The lowest BCUT2D eigenvalue weighted by atomic mass is 10.1. The molecule has 0 saturated heterocycles. The lowest BCUT2D eigenvalue weighted by molar-refractivity contribution is 0.321. The number of ether oxygens (including phenoxy) is 2. The Morgan fingerprint density at radius 2 is 2.05 bits per heavy atom. The van der Waals surface area contributed by atoms with E-state index in [1.54, 1.807) is 12.7 Å². The molecule has 1 saturated carbocycles. The van der Waals surface area contributed by atoms with Crippen LogP contribution >= 0.6 is 0 Å². The monoisotopic (exact) mass is 291 g/mol. The van der Waals surface area contributed by atoms with E-state index in [1.807, 2.05) is 6.07 Å². The first-order valence-corrected chi connectivity index (χ1v) is 7.47. The molecule has 0 amide bonds. The normalized spacial score (nSPS) is 18.5. The first kappa shape index (κ1) is 15.9. The highest BCUT2D eigenvalue weighted by Gasteiger charge is 2.23. The summed E-state index contributed by atoms with van der Waals surface area (Å²) in [4.78, 5) is 0. The number of aliphatic hydroxyl groups is 1. The van der Waals surface area contributed by atoms with E-state index in [0.29, 0.717) is 0 Å². The van der Waals surface area contributed by atoms with Crippen molar-refractivity contribution >= 4 is 0 Å². The minimum Gasteiger partial charge on any atom is -0.496 e. The Morgan fingerprint density at radius 3 is 2.71 bits per heavy atom. The molecular weight excluding hydrogens is 266 g/mol. The van der Waals surface area contributed by atoms with Crippen molar-refractivity contribution in [2.45, 2.75) is 38.1 Å². The fourth-order valence-electron chi connectivity index (χ4n) is 2.69. The first-order valence-electron chi connectivity index (χ1n) is 7.47. The van der Waals surface area contributed by atoms with E-state index >= 15 is 0 Å². The maximum absolute atomic E-state index is 7.00. The molecule has 21 heavy (non-hydrogen) atoms. The van der Waals surface area contributed by atoms with E-state index in [4.69, 9.17) is 20.3 Å². The minimum absolute atomic E-state index is 0.221. The third-order valence-electron chi connectivity index (χ3n) is 3.80. The summed E-state index contributed by atoms with van der Waals surface area (Å²) in [7, 11) is 2.71. The molecule has 116 valence electrons. The molecule has 1 aromatic rings. The van der Waals surface area contributed by atoms with Crippen LogP contribution in [0.5, 0.6) is 11.5 Å². The van der Waals surface area contributed by atoms with E-state index < -0.39 is 0 Å². The molecule has 0 bridgehead atoms. The Balaban J connectivity index is 0.000000774. The fourth-order valence-corrected chi connectivity index (χ4v) is 2.69. The lowest BCUT2D eigenvalue weighted by Crippen LogP contribution is -2.19. The van der Waals surface area contributed by atoms with Crippen molar-refractivity contribution < 1.29 is 14.6 Å². The zero-order valence-electron chi connectivity index (χ0n) is 12.9. The third-order valence-corrected chi connectivity index (χ3v) is 3.80.